The first-order chi connectivity index (χ1) is 11.0. The zero-order valence-electron chi connectivity index (χ0n) is 13.2. The molecule has 0 unspecified atom stereocenters. The predicted molar refractivity (Wildman–Crippen MR) is 93.2 cm³/mol. The summed E-state index contributed by atoms with van der Waals surface area (Å²) in [6.07, 6.45) is 0. The molecule has 2 rings (SSSR count). The van der Waals surface area contributed by atoms with Gasteiger partial charge in [0, 0.05) is 11.2 Å². The molecule has 0 radical (unpaired) electrons. The van der Waals surface area contributed by atoms with Gasteiger partial charge in [-0.05, 0) is 51.1 Å². The van der Waals surface area contributed by atoms with Crippen molar-refractivity contribution in [1.82, 2.24) is 4.72 Å². The minimum Gasteiger partial charge on any atom is -0.438 e. The van der Waals surface area contributed by atoms with E-state index in [9.17, 15) is 13.2 Å². The molecule has 130 valence electrons. The number of anilines is 1. The molecule has 1 heterocycles. The molecule has 0 fully saturated rings. The first kappa shape index (κ1) is 18.8. The van der Waals surface area contributed by atoms with Crippen molar-refractivity contribution in [3.8, 4) is 0 Å². The van der Waals surface area contributed by atoms with E-state index in [0.717, 1.165) is 0 Å². The van der Waals surface area contributed by atoms with Crippen LogP contribution in [0.15, 0.2) is 39.8 Å². The molecule has 0 saturated carbocycles. The zero-order valence-corrected chi connectivity index (χ0v) is 15.5. The van der Waals surface area contributed by atoms with E-state index in [1.165, 1.54) is 24.3 Å². The predicted octanol–water partition coefficient (Wildman–Crippen LogP) is 3.92. The molecule has 1 amide bonds. The zero-order chi connectivity index (χ0) is 18.1. The van der Waals surface area contributed by atoms with Gasteiger partial charge in [-0.3, -0.25) is 4.79 Å². The number of furan rings is 1. The number of nitrogens with one attached hydrogen (secondary N) is 2. The van der Waals surface area contributed by atoms with E-state index in [-0.39, 0.29) is 15.9 Å². The van der Waals surface area contributed by atoms with Gasteiger partial charge in [-0.2, -0.15) is 0 Å². The third-order valence-corrected chi connectivity index (χ3v) is 5.06. The lowest BCUT2D eigenvalue weighted by Gasteiger charge is -2.18. The van der Waals surface area contributed by atoms with Crippen LogP contribution in [-0.4, -0.2) is 19.9 Å². The average molecular weight is 391 g/mol. The van der Waals surface area contributed by atoms with Gasteiger partial charge in [-0.15, -0.1) is 0 Å². The van der Waals surface area contributed by atoms with Gasteiger partial charge in [-0.25, -0.2) is 13.1 Å². The highest BCUT2D eigenvalue weighted by atomic mass is 35.5. The Bertz CT molecular complexity index is 870. The monoisotopic (exact) mass is 390 g/mol. The van der Waals surface area contributed by atoms with Crippen LogP contribution in [0.5, 0.6) is 0 Å². The number of benzene rings is 1. The van der Waals surface area contributed by atoms with Crippen molar-refractivity contribution in [3.63, 3.8) is 0 Å². The highest BCUT2D eigenvalue weighted by Gasteiger charge is 2.26. The SMILES string of the molecule is CC(C)(C)NS(=O)(=O)c1ccc(C(=O)Nc2ccc(Cl)c(Cl)c2)o1. The molecule has 24 heavy (non-hydrogen) atoms. The van der Waals surface area contributed by atoms with E-state index in [1.54, 1.807) is 26.8 Å². The third-order valence-electron chi connectivity index (χ3n) is 2.69. The number of hydrogen-bond donors (Lipinski definition) is 2. The Balaban J connectivity index is 2.18. The molecule has 2 aromatic rings. The van der Waals surface area contributed by atoms with Gasteiger partial charge < -0.3 is 9.73 Å². The Morgan fingerprint density at radius 3 is 2.33 bits per heavy atom. The Hall–Kier alpha value is -1.54. The number of carbonyl (C=O) groups excluding carboxylic acids is 1. The van der Waals surface area contributed by atoms with Crippen LogP contribution in [0.3, 0.4) is 0 Å². The molecular weight excluding hydrogens is 375 g/mol. The van der Waals surface area contributed by atoms with Crippen LogP contribution in [0, 0.1) is 0 Å². The van der Waals surface area contributed by atoms with Gasteiger partial charge in [0.05, 0.1) is 10.0 Å². The maximum Gasteiger partial charge on any atom is 0.291 e. The van der Waals surface area contributed by atoms with E-state index < -0.39 is 21.5 Å². The molecule has 0 aliphatic rings. The summed E-state index contributed by atoms with van der Waals surface area (Å²) < 4.78 is 31.9. The number of halogens is 2. The number of hydrogen-bond acceptors (Lipinski definition) is 4. The summed E-state index contributed by atoms with van der Waals surface area (Å²) in [7, 11) is -3.85. The number of amides is 1. The van der Waals surface area contributed by atoms with Gasteiger partial charge in [0.15, 0.2) is 5.76 Å². The molecule has 0 bridgehead atoms. The minimum atomic E-state index is -3.85. The summed E-state index contributed by atoms with van der Waals surface area (Å²) in [5.74, 6) is -0.749. The van der Waals surface area contributed by atoms with Crippen molar-refractivity contribution in [3.05, 3.63) is 46.1 Å². The van der Waals surface area contributed by atoms with E-state index in [2.05, 4.69) is 10.0 Å². The summed E-state index contributed by atoms with van der Waals surface area (Å²) in [6, 6.07) is 7.07. The Morgan fingerprint density at radius 2 is 1.75 bits per heavy atom. The van der Waals surface area contributed by atoms with Gasteiger partial charge >= 0.3 is 0 Å². The molecule has 9 heteroatoms. The second-order valence-corrected chi connectivity index (χ2v) is 8.48. The molecular formula is C15H16Cl2N2O4S. The largest absolute Gasteiger partial charge is 0.438 e. The molecule has 2 N–H and O–H groups in total. The van der Waals surface area contributed by atoms with Crippen molar-refractivity contribution in [2.75, 3.05) is 5.32 Å². The first-order valence-electron chi connectivity index (χ1n) is 6.88. The van der Waals surface area contributed by atoms with Crippen molar-refractivity contribution in [1.29, 1.82) is 0 Å². The normalized spacial score (nSPS) is 12.2. The maximum absolute atomic E-state index is 12.2. The second-order valence-electron chi connectivity index (χ2n) is 6.06. The van der Waals surface area contributed by atoms with Crippen LogP contribution in [-0.2, 0) is 10.0 Å². The van der Waals surface area contributed by atoms with E-state index in [1.807, 2.05) is 0 Å². The van der Waals surface area contributed by atoms with E-state index >= 15 is 0 Å². The van der Waals surface area contributed by atoms with Crippen LogP contribution in [0.1, 0.15) is 31.3 Å². The summed E-state index contributed by atoms with van der Waals surface area (Å²) >= 11 is 11.7. The highest BCUT2D eigenvalue weighted by molar-refractivity contribution is 7.89. The fourth-order valence-electron chi connectivity index (χ4n) is 1.81. The van der Waals surface area contributed by atoms with Crippen molar-refractivity contribution < 1.29 is 17.6 Å². The third kappa shape index (κ3) is 4.73. The van der Waals surface area contributed by atoms with Crippen LogP contribution in [0.2, 0.25) is 10.0 Å². The number of rotatable bonds is 4. The second kappa shape index (κ2) is 6.76. The first-order valence-corrected chi connectivity index (χ1v) is 9.12. The summed E-state index contributed by atoms with van der Waals surface area (Å²) in [6.45, 7) is 5.10. The fraction of sp³-hybridized carbons (Fsp3) is 0.267. The summed E-state index contributed by atoms with van der Waals surface area (Å²) in [4.78, 5) is 12.1. The lowest BCUT2D eigenvalue weighted by molar-refractivity contribution is 0.0991. The van der Waals surface area contributed by atoms with E-state index in [4.69, 9.17) is 27.6 Å². The molecule has 0 spiro atoms. The quantitative estimate of drug-likeness (QED) is 0.827. The van der Waals surface area contributed by atoms with Crippen LogP contribution in [0.4, 0.5) is 5.69 Å². The van der Waals surface area contributed by atoms with Crippen LogP contribution >= 0.6 is 23.2 Å². The number of sulfonamides is 1. The lowest BCUT2D eigenvalue weighted by Crippen LogP contribution is -2.40. The lowest BCUT2D eigenvalue weighted by atomic mass is 10.1. The van der Waals surface area contributed by atoms with Crippen molar-refractivity contribution >= 4 is 44.8 Å². The summed E-state index contributed by atoms with van der Waals surface area (Å²) in [5.41, 5.74) is -0.267. The van der Waals surface area contributed by atoms with Gasteiger partial charge in [0.1, 0.15) is 0 Å². The molecule has 0 atom stereocenters. The van der Waals surface area contributed by atoms with Crippen LogP contribution in [0.25, 0.3) is 0 Å². The molecule has 1 aromatic carbocycles. The molecule has 0 saturated heterocycles. The van der Waals surface area contributed by atoms with Gasteiger partial charge in [0.2, 0.25) is 5.09 Å². The fourth-order valence-corrected chi connectivity index (χ4v) is 3.46. The molecule has 1 aromatic heterocycles. The maximum atomic E-state index is 12.2. The summed E-state index contributed by atoms with van der Waals surface area (Å²) in [5, 5.41) is 2.85. The van der Waals surface area contributed by atoms with Crippen molar-refractivity contribution in [2.45, 2.75) is 31.4 Å². The Labute approximate surface area is 150 Å². The number of carbonyl (C=O) groups is 1. The van der Waals surface area contributed by atoms with E-state index in [0.29, 0.717) is 10.7 Å². The Morgan fingerprint density at radius 1 is 1.08 bits per heavy atom. The molecule has 0 aliphatic heterocycles. The van der Waals surface area contributed by atoms with Crippen molar-refractivity contribution in [2.24, 2.45) is 0 Å². The van der Waals surface area contributed by atoms with Gasteiger partial charge in [-0.1, -0.05) is 23.2 Å². The smallest absolute Gasteiger partial charge is 0.291 e. The highest BCUT2D eigenvalue weighted by Crippen LogP contribution is 2.25. The minimum absolute atomic E-state index is 0.143. The molecule has 0 aliphatic carbocycles. The molecule has 6 nitrogen and oxygen atoms in total. The standard InChI is InChI=1S/C15H16Cl2N2O4S/c1-15(2,3)19-24(21,22)13-7-6-12(23-13)14(20)18-9-4-5-10(16)11(17)8-9/h4-8,19H,1-3H3,(H,18,20). The van der Waals surface area contributed by atoms with Crippen LogP contribution < -0.4 is 10.0 Å². The topological polar surface area (TPSA) is 88.4 Å². The van der Waals surface area contributed by atoms with Gasteiger partial charge in [0.25, 0.3) is 15.9 Å². The Kier molecular flexibility index (Phi) is 5.29. The average Bonchev–Trinajstić information content (AvgIpc) is 2.91.